The summed E-state index contributed by atoms with van der Waals surface area (Å²) in [6.07, 6.45) is 7.45. The van der Waals surface area contributed by atoms with Crippen LogP contribution in [0.4, 0.5) is 0 Å². The lowest BCUT2D eigenvalue weighted by Crippen LogP contribution is -2.09. The summed E-state index contributed by atoms with van der Waals surface area (Å²) in [7, 11) is 0. The van der Waals surface area contributed by atoms with Crippen LogP contribution >= 0.6 is 11.8 Å². The molecule has 7 nitrogen and oxygen atoms in total. The predicted octanol–water partition coefficient (Wildman–Crippen LogP) is 3.53. The maximum absolute atomic E-state index is 9.12. The van der Waals surface area contributed by atoms with Gasteiger partial charge in [-0.1, -0.05) is 20.8 Å². The molecule has 0 aromatic carbocycles. The molecule has 0 aliphatic carbocycles. The normalized spacial score (nSPS) is 12.1. The minimum atomic E-state index is -0.0269. The first-order valence-electron chi connectivity index (χ1n) is 8.68. The molecule has 0 aliphatic rings. The van der Waals surface area contributed by atoms with Crippen LogP contribution < -0.4 is 4.74 Å². The van der Waals surface area contributed by atoms with Crippen LogP contribution in [-0.4, -0.2) is 47.6 Å². The first-order valence-corrected chi connectivity index (χ1v) is 9.49. The molecule has 8 heteroatoms. The SMILES string of the molecule is CC(C)(C)Sc1cn2c(-c3cnc4[nH]ncc4c3)cnc2cc1OCCO. The van der Waals surface area contributed by atoms with Gasteiger partial charge in [0.15, 0.2) is 5.65 Å². The molecular formula is C19H21N5O2S. The Morgan fingerprint density at radius 2 is 2.04 bits per heavy atom. The van der Waals surface area contributed by atoms with E-state index in [4.69, 9.17) is 9.84 Å². The second kappa shape index (κ2) is 6.86. The number of hydrogen-bond acceptors (Lipinski definition) is 6. The van der Waals surface area contributed by atoms with Crippen molar-refractivity contribution >= 4 is 28.4 Å². The van der Waals surface area contributed by atoms with Crippen LogP contribution in [0.5, 0.6) is 5.75 Å². The third-order valence-corrected chi connectivity index (χ3v) is 5.07. The van der Waals surface area contributed by atoms with Crippen molar-refractivity contribution < 1.29 is 9.84 Å². The second-order valence-electron chi connectivity index (χ2n) is 7.19. The van der Waals surface area contributed by atoms with Gasteiger partial charge in [-0.15, -0.1) is 11.8 Å². The molecule has 4 aromatic rings. The van der Waals surface area contributed by atoms with Crippen LogP contribution in [-0.2, 0) is 0 Å². The number of fused-ring (bicyclic) bond motifs is 2. The monoisotopic (exact) mass is 383 g/mol. The van der Waals surface area contributed by atoms with Crippen LogP contribution in [0.15, 0.2) is 41.8 Å². The van der Waals surface area contributed by atoms with Gasteiger partial charge in [-0.25, -0.2) is 9.97 Å². The fourth-order valence-electron chi connectivity index (χ4n) is 2.85. The van der Waals surface area contributed by atoms with Gasteiger partial charge in [-0.2, -0.15) is 5.10 Å². The fourth-order valence-corrected chi connectivity index (χ4v) is 3.89. The Kier molecular flexibility index (Phi) is 4.53. The molecule has 0 amide bonds. The van der Waals surface area contributed by atoms with Gasteiger partial charge < -0.3 is 9.84 Å². The summed E-state index contributed by atoms with van der Waals surface area (Å²) in [5.74, 6) is 0.733. The molecule has 0 spiro atoms. The highest BCUT2D eigenvalue weighted by Gasteiger charge is 2.19. The Labute approximate surface area is 160 Å². The molecule has 140 valence electrons. The molecule has 0 aliphatic heterocycles. The van der Waals surface area contributed by atoms with E-state index in [0.717, 1.165) is 38.6 Å². The van der Waals surface area contributed by atoms with Crippen LogP contribution in [0.3, 0.4) is 0 Å². The van der Waals surface area contributed by atoms with Crippen molar-refractivity contribution in [1.82, 2.24) is 24.6 Å². The number of aromatic amines is 1. The second-order valence-corrected chi connectivity index (χ2v) is 9.06. The minimum Gasteiger partial charge on any atom is -0.490 e. The number of pyridine rings is 2. The zero-order chi connectivity index (χ0) is 19.0. The van der Waals surface area contributed by atoms with Crippen molar-refractivity contribution in [3.8, 4) is 17.0 Å². The summed E-state index contributed by atoms with van der Waals surface area (Å²) in [6, 6.07) is 3.96. The fraction of sp³-hybridized carbons (Fsp3) is 0.316. The number of nitrogens with zero attached hydrogens (tertiary/aromatic N) is 4. The third kappa shape index (κ3) is 3.63. The van der Waals surface area contributed by atoms with Gasteiger partial charge in [-0.3, -0.25) is 9.50 Å². The van der Waals surface area contributed by atoms with E-state index < -0.39 is 0 Å². The lowest BCUT2D eigenvalue weighted by molar-refractivity contribution is 0.198. The van der Waals surface area contributed by atoms with Gasteiger partial charge >= 0.3 is 0 Å². The maximum Gasteiger partial charge on any atom is 0.155 e. The van der Waals surface area contributed by atoms with Gasteiger partial charge in [0, 0.05) is 34.2 Å². The molecule has 0 fully saturated rings. The molecule has 0 unspecified atom stereocenters. The number of hydrogen-bond donors (Lipinski definition) is 2. The number of aromatic nitrogens is 5. The molecule has 0 saturated heterocycles. The van der Waals surface area contributed by atoms with Crippen molar-refractivity contribution in [2.24, 2.45) is 0 Å². The molecule has 27 heavy (non-hydrogen) atoms. The average molecular weight is 383 g/mol. The largest absolute Gasteiger partial charge is 0.490 e. The molecule has 2 N–H and O–H groups in total. The first kappa shape index (κ1) is 17.8. The van der Waals surface area contributed by atoms with E-state index in [1.807, 2.05) is 35.1 Å². The average Bonchev–Trinajstić information content (AvgIpc) is 3.23. The highest BCUT2D eigenvalue weighted by Crippen LogP contribution is 2.39. The Bertz CT molecular complexity index is 1100. The number of aliphatic hydroxyl groups is 1. The summed E-state index contributed by atoms with van der Waals surface area (Å²) in [6.45, 7) is 6.69. The Hall–Kier alpha value is -2.58. The number of ether oxygens (including phenoxy) is 1. The highest BCUT2D eigenvalue weighted by atomic mass is 32.2. The van der Waals surface area contributed by atoms with Crippen LogP contribution in [0.2, 0.25) is 0 Å². The highest BCUT2D eigenvalue weighted by molar-refractivity contribution is 8.00. The molecule has 0 bridgehead atoms. The summed E-state index contributed by atoms with van der Waals surface area (Å²) >= 11 is 1.72. The van der Waals surface area contributed by atoms with Crippen LogP contribution in [0.25, 0.3) is 27.9 Å². The molecule has 4 heterocycles. The topological polar surface area (TPSA) is 88.3 Å². The van der Waals surface area contributed by atoms with Crippen molar-refractivity contribution in [2.45, 2.75) is 30.4 Å². The van der Waals surface area contributed by atoms with Gasteiger partial charge in [0.25, 0.3) is 0 Å². The Balaban J connectivity index is 1.83. The first-order chi connectivity index (χ1) is 12.9. The van der Waals surface area contributed by atoms with E-state index in [0.29, 0.717) is 0 Å². The van der Waals surface area contributed by atoms with Crippen LogP contribution in [0.1, 0.15) is 20.8 Å². The zero-order valence-electron chi connectivity index (χ0n) is 15.4. The van der Waals surface area contributed by atoms with Gasteiger partial charge in [0.2, 0.25) is 0 Å². The number of thioether (sulfide) groups is 1. The zero-order valence-corrected chi connectivity index (χ0v) is 16.2. The Morgan fingerprint density at radius 1 is 1.19 bits per heavy atom. The van der Waals surface area contributed by atoms with E-state index in [-0.39, 0.29) is 18.0 Å². The van der Waals surface area contributed by atoms with Gasteiger partial charge in [0.05, 0.1) is 29.6 Å². The molecular weight excluding hydrogens is 362 g/mol. The van der Waals surface area contributed by atoms with Crippen LogP contribution in [0, 0.1) is 0 Å². The minimum absolute atomic E-state index is 0.0169. The number of rotatable bonds is 5. The van der Waals surface area contributed by atoms with E-state index in [2.05, 4.69) is 40.9 Å². The molecule has 4 aromatic heterocycles. The molecule has 0 atom stereocenters. The van der Waals surface area contributed by atoms with E-state index >= 15 is 0 Å². The van der Waals surface area contributed by atoms with E-state index in [9.17, 15) is 0 Å². The van der Waals surface area contributed by atoms with Gasteiger partial charge in [0.1, 0.15) is 18.0 Å². The van der Waals surface area contributed by atoms with Crippen molar-refractivity contribution in [2.75, 3.05) is 13.2 Å². The molecule has 0 radical (unpaired) electrons. The Morgan fingerprint density at radius 3 is 2.81 bits per heavy atom. The van der Waals surface area contributed by atoms with E-state index in [1.54, 1.807) is 18.0 Å². The standard InChI is InChI=1S/C19H21N5O2S/c1-19(2,3)27-16-11-24-14(10-20-17(24)7-15(16)26-5-4-25)12-6-13-9-22-23-18(13)21-8-12/h6-11,25H,4-5H2,1-3H3,(H,21,22,23). The third-order valence-electron chi connectivity index (χ3n) is 3.93. The summed E-state index contributed by atoms with van der Waals surface area (Å²) in [4.78, 5) is 9.96. The molecule has 0 saturated carbocycles. The number of imidazole rings is 1. The lowest BCUT2D eigenvalue weighted by Gasteiger charge is -2.20. The summed E-state index contributed by atoms with van der Waals surface area (Å²) in [5.41, 5.74) is 3.46. The number of aliphatic hydroxyl groups excluding tert-OH is 1. The maximum atomic E-state index is 9.12. The molecule has 4 rings (SSSR count). The summed E-state index contributed by atoms with van der Waals surface area (Å²) in [5, 5.41) is 17.0. The lowest BCUT2D eigenvalue weighted by atomic mass is 10.2. The van der Waals surface area contributed by atoms with Crippen molar-refractivity contribution in [3.63, 3.8) is 0 Å². The van der Waals surface area contributed by atoms with Crippen molar-refractivity contribution in [3.05, 3.63) is 36.9 Å². The summed E-state index contributed by atoms with van der Waals surface area (Å²) < 4.78 is 7.81. The predicted molar refractivity (Wildman–Crippen MR) is 106 cm³/mol. The number of nitrogens with one attached hydrogen (secondary N) is 1. The van der Waals surface area contributed by atoms with E-state index in [1.165, 1.54) is 0 Å². The van der Waals surface area contributed by atoms with Gasteiger partial charge in [-0.05, 0) is 6.07 Å². The quantitative estimate of drug-likeness (QED) is 0.513. The van der Waals surface area contributed by atoms with Crippen molar-refractivity contribution in [1.29, 1.82) is 0 Å². The smallest absolute Gasteiger partial charge is 0.155 e. The number of H-pyrrole nitrogens is 1.